The van der Waals surface area contributed by atoms with Gasteiger partial charge in [0.15, 0.2) is 0 Å². The number of fused-ring (bicyclic) bond motifs is 1. The second kappa shape index (κ2) is 6.73. The summed E-state index contributed by atoms with van der Waals surface area (Å²) < 4.78 is 28.9. The molecule has 0 amide bonds. The van der Waals surface area contributed by atoms with Gasteiger partial charge < -0.3 is 10.1 Å². The Bertz CT molecular complexity index is 409. The molecule has 1 N–H and O–H groups in total. The molecule has 1 atom stereocenters. The van der Waals surface area contributed by atoms with Gasteiger partial charge in [-0.15, -0.1) is 0 Å². The average molecular weight is 269 g/mol. The van der Waals surface area contributed by atoms with Crippen molar-refractivity contribution in [2.24, 2.45) is 0 Å². The summed E-state index contributed by atoms with van der Waals surface area (Å²) in [4.78, 5) is 0. The first kappa shape index (κ1) is 14.1. The van der Waals surface area contributed by atoms with Crippen LogP contribution in [0.15, 0.2) is 18.2 Å². The zero-order chi connectivity index (χ0) is 13.7. The van der Waals surface area contributed by atoms with Crippen LogP contribution in [0.4, 0.5) is 14.5 Å². The second-order valence-electron chi connectivity index (χ2n) is 5.05. The number of ether oxygens (including phenoxy) is 1. The van der Waals surface area contributed by atoms with Crippen molar-refractivity contribution in [2.45, 2.75) is 51.6 Å². The van der Waals surface area contributed by atoms with Gasteiger partial charge in [0, 0.05) is 18.2 Å². The Morgan fingerprint density at radius 1 is 1.32 bits per heavy atom. The number of nitrogens with one attached hydrogen (secondary N) is 1. The van der Waals surface area contributed by atoms with Gasteiger partial charge in [0.2, 0.25) is 0 Å². The number of rotatable bonds is 7. The van der Waals surface area contributed by atoms with E-state index in [1.807, 2.05) is 6.07 Å². The lowest BCUT2D eigenvalue weighted by molar-refractivity contribution is -0.0498. The van der Waals surface area contributed by atoms with Crippen LogP contribution in [0.25, 0.3) is 0 Å². The Hall–Kier alpha value is -1.32. The van der Waals surface area contributed by atoms with Gasteiger partial charge >= 0.3 is 6.61 Å². The molecule has 0 saturated carbocycles. The average Bonchev–Trinajstić information content (AvgIpc) is 2.77. The Balaban J connectivity index is 1.97. The van der Waals surface area contributed by atoms with Crippen molar-refractivity contribution in [1.82, 2.24) is 0 Å². The van der Waals surface area contributed by atoms with Crippen LogP contribution in [-0.4, -0.2) is 13.2 Å². The van der Waals surface area contributed by atoms with Crippen LogP contribution in [0.5, 0.6) is 5.75 Å². The number of hydrogen-bond donors (Lipinski definition) is 1. The fourth-order valence-corrected chi connectivity index (χ4v) is 2.63. The number of hydrogen-bond acceptors (Lipinski definition) is 2. The van der Waals surface area contributed by atoms with Gasteiger partial charge in [-0.05, 0) is 30.2 Å². The van der Waals surface area contributed by atoms with E-state index in [0.29, 0.717) is 5.92 Å². The number of alkyl halides is 2. The van der Waals surface area contributed by atoms with Gasteiger partial charge in [-0.3, -0.25) is 0 Å². The van der Waals surface area contributed by atoms with E-state index in [1.165, 1.54) is 25.7 Å². The minimum Gasteiger partial charge on any atom is -0.435 e. The van der Waals surface area contributed by atoms with Crippen molar-refractivity contribution in [1.29, 1.82) is 0 Å². The maximum Gasteiger partial charge on any atom is 0.387 e. The largest absolute Gasteiger partial charge is 0.435 e. The molecule has 0 saturated heterocycles. The Labute approximate surface area is 113 Å². The van der Waals surface area contributed by atoms with E-state index in [1.54, 1.807) is 12.1 Å². The molecular weight excluding hydrogens is 248 g/mol. The normalized spacial score (nSPS) is 17.4. The molecule has 2 nitrogen and oxygen atoms in total. The SMILES string of the molecule is CCCCCCC1CNc2ccc(OC(F)F)cc21. The minimum absolute atomic E-state index is 0.260. The van der Waals surface area contributed by atoms with E-state index in [0.717, 1.165) is 24.2 Å². The summed E-state index contributed by atoms with van der Waals surface area (Å²) >= 11 is 0. The minimum atomic E-state index is -2.75. The summed E-state index contributed by atoms with van der Waals surface area (Å²) in [6, 6.07) is 5.18. The highest BCUT2D eigenvalue weighted by Crippen LogP contribution is 2.37. The molecule has 1 aromatic rings. The molecule has 19 heavy (non-hydrogen) atoms. The third-order valence-corrected chi connectivity index (χ3v) is 3.63. The van der Waals surface area contributed by atoms with Crippen LogP contribution in [0, 0.1) is 0 Å². The molecule has 1 heterocycles. The molecule has 0 aromatic heterocycles. The first-order valence-corrected chi connectivity index (χ1v) is 7.03. The van der Waals surface area contributed by atoms with E-state index >= 15 is 0 Å². The third kappa shape index (κ3) is 3.82. The second-order valence-corrected chi connectivity index (χ2v) is 5.05. The predicted octanol–water partition coefficient (Wildman–Crippen LogP) is 4.77. The molecule has 106 valence electrons. The van der Waals surface area contributed by atoms with Gasteiger partial charge in [-0.2, -0.15) is 8.78 Å². The lowest BCUT2D eigenvalue weighted by Crippen LogP contribution is -2.03. The van der Waals surface area contributed by atoms with E-state index in [2.05, 4.69) is 17.0 Å². The Morgan fingerprint density at radius 3 is 2.89 bits per heavy atom. The quantitative estimate of drug-likeness (QED) is 0.720. The number of unbranched alkanes of at least 4 members (excludes halogenated alkanes) is 3. The van der Waals surface area contributed by atoms with Crippen LogP contribution in [-0.2, 0) is 0 Å². The summed E-state index contributed by atoms with van der Waals surface area (Å²) in [5.74, 6) is 0.684. The van der Waals surface area contributed by atoms with Crippen molar-refractivity contribution in [3.8, 4) is 5.75 Å². The lowest BCUT2D eigenvalue weighted by atomic mass is 9.95. The van der Waals surface area contributed by atoms with Crippen LogP contribution >= 0.6 is 0 Å². The van der Waals surface area contributed by atoms with Gasteiger partial charge in [-0.1, -0.05) is 32.6 Å². The smallest absolute Gasteiger partial charge is 0.387 e. The highest BCUT2D eigenvalue weighted by Gasteiger charge is 2.22. The van der Waals surface area contributed by atoms with Gasteiger partial charge in [-0.25, -0.2) is 0 Å². The summed E-state index contributed by atoms with van der Waals surface area (Å²) in [7, 11) is 0. The first-order chi connectivity index (χ1) is 9.20. The molecule has 1 aromatic carbocycles. The molecular formula is C15H21F2NO. The molecule has 1 aliphatic rings. The highest BCUT2D eigenvalue weighted by molar-refractivity contribution is 5.60. The summed E-state index contributed by atoms with van der Waals surface area (Å²) in [6.45, 7) is 0.343. The predicted molar refractivity (Wildman–Crippen MR) is 73.1 cm³/mol. The van der Waals surface area contributed by atoms with Gasteiger partial charge in [0.05, 0.1) is 0 Å². The van der Waals surface area contributed by atoms with Gasteiger partial charge in [0.1, 0.15) is 5.75 Å². The third-order valence-electron chi connectivity index (χ3n) is 3.63. The summed E-state index contributed by atoms with van der Waals surface area (Å²) in [6.07, 6.45) is 6.04. The van der Waals surface area contributed by atoms with E-state index in [-0.39, 0.29) is 5.75 Å². The van der Waals surface area contributed by atoms with E-state index < -0.39 is 6.61 Å². The molecule has 4 heteroatoms. The number of benzene rings is 1. The van der Waals surface area contributed by atoms with Crippen molar-refractivity contribution in [3.05, 3.63) is 23.8 Å². The van der Waals surface area contributed by atoms with E-state index in [9.17, 15) is 8.78 Å². The van der Waals surface area contributed by atoms with Crippen LogP contribution in [0.2, 0.25) is 0 Å². The molecule has 0 radical (unpaired) electrons. The summed E-state index contributed by atoms with van der Waals surface area (Å²) in [5.41, 5.74) is 2.18. The molecule has 0 spiro atoms. The van der Waals surface area contributed by atoms with Crippen molar-refractivity contribution in [3.63, 3.8) is 0 Å². The van der Waals surface area contributed by atoms with Gasteiger partial charge in [0.25, 0.3) is 0 Å². The first-order valence-electron chi connectivity index (χ1n) is 7.03. The molecule has 1 unspecified atom stereocenters. The molecule has 1 aliphatic heterocycles. The van der Waals surface area contributed by atoms with Crippen LogP contribution in [0.3, 0.4) is 0 Å². The lowest BCUT2D eigenvalue weighted by Gasteiger charge is -2.11. The van der Waals surface area contributed by atoms with Crippen LogP contribution < -0.4 is 10.1 Å². The molecule has 0 fully saturated rings. The molecule has 0 bridgehead atoms. The maximum atomic E-state index is 12.2. The van der Waals surface area contributed by atoms with Crippen molar-refractivity contribution < 1.29 is 13.5 Å². The molecule has 2 rings (SSSR count). The van der Waals surface area contributed by atoms with E-state index in [4.69, 9.17) is 0 Å². The fraction of sp³-hybridized carbons (Fsp3) is 0.600. The molecule has 0 aliphatic carbocycles. The standard InChI is InChI=1S/C15H21F2NO/c1-2-3-4-5-6-11-10-18-14-8-7-12(9-13(11)14)19-15(16)17/h7-9,11,15,18H,2-6,10H2,1H3. The van der Waals surface area contributed by atoms with Crippen molar-refractivity contribution >= 4 is 5.69 Å². The zero-order valence-corrected chi connectivity index (χ0v) is 11.3. The Kier molecular flexibility index (Phi) is 5.00. The zero-order valence-electron chi connectivity index (χ0n) is 11.3. The van der Waals surface area contributed by atoms with Crippen molar-refractivity contribution in [2.75, 3.05) is 11.9 Å². The topological polar surface area (TPSA) is 21.3 Å². The number of anilines is 1. The highest BCUT2D eigenvalue weighted by atomic mass is 19.3. The summed E-state index contributed by atoms with van der Waals surface area (Å²) in [5, 5.41) is 3.33. The maximum absolute atomic E-state index is 12.2. The van der Waals surface area contributed by atoms with Crippen LogP contribution in [0.1, 0.15) is 50.5 Å². The fourth-order valence-electron chi connectivity index (χ4n) is 2.63. The Morgan fingerprint density at radius 2 is 2.16 bits per heavy atom. The number of halogens is 2. The monoisotopic (exact) mass is 269 g/mol.